The predicted octanol–water partition coefficient (Wildman–Crippen LogP) is 0.104. The smallest absolute Gasteiger partial charge is 0.364 e. The molecule has 0 saturated carbocycles. The third kappa shape index (κ3) is 2.48. The Hall–Kier alpha value is -1.99. The Morgan fingerprint density at radius 3 is 2.47 bits per heavy atom. The van der Waals surface area contributed by atoms with Gasteiger partial charge in [-0.15, -0.1) is 0 Å². The molecule has 1 heterocycles. The largest absolute Gasteiger partial charge is 0.493 e. The predicted molar refractivity (Wildman–Crippen MR) is 40.6 cm³/mol. The molecular formula is C7H5F3N2O3. The number of nitrogens with zero attached hydrogens (tertiary/aromatic N) is 1. The number of carbonyl (C=O) groups is 2. The van der Waals surface area contributed by atoms with Crippen molar-refractivity contribution in [1.82, 2.24) is 4.73 Å². The van der Waals surface area contributed by atoms with Crippen LogP contribution in [-0.2, 0) is 4.79 Å². The quantitative estimate of drug-likeness (QED) is 0.771. The Labute approximate surface area is 81.2 Å². The maximum absolute atomic E-state index is 11.8. The van der Waals surface area contributed by atoms with Crippen molar-refractivity contribution in [2.24, 2.45) is 5.73 Å². The Bertz CT molecular complexity index is 396. The minimum Gasteiger partial charge on any atom is -0.364 e. The molecule has 1 aromatic rings. The highest BCUT2D eigenvalue weighted by Gasteiger charge is 2.42. The van der Waals surface area contributed by atoms with Crippen molar-refractivity contribution < 1.29 is 27.6 Å². The Kier molecular flexibility index (Phi) is 2.69. The van der Waals surface area contributed by atoms with E-state index in [4.69, 9.17) is 5.73 Å². The first-order chi connectivity index (χ1) is 6.82. The van der Waals surface area contributed by atoms with Crippen LogP contribution in [0.1, 0.15) is 10.5 Å². The van der Waals surface area contributed by atoms with E-state index < -0.39 is 18.1 Å². The third-order valence-corrected chi connectivity index (χ3v) is 1.38. The van der Waals surface area contributed by atoms with E-state index in [2.05, 4.69) is 4.84 Å². The van der Waals surface area contributed by atoms with Gasteiger partial charge in [-0.05, 0) is 12.1 Å². The molecule has 15 heavy (non-hydrogen) atoms. The summed E-state index contributed by atoms with van der Waals surface area (Å²) in [6.07, 6.45) is -4.16. The fraction of sp³-hybridized carbons (Fsp3) is 0.143. The molecule has 2 N–H and O–H groups in total. The number of halogens is 3. The molecule has 0 fully saturated rings. The normalized spacial score (nSPS) is 11.1. The lowest BCUT2D eigenvalue weighted by atomic mass is 10.4. The summed E-state index contributed by atoms with van der Waals surface area (Å²) in [4.78, 5) is 24.9. The lowest BCUT2D eigenvalue weighted by Gasteiger charge is -2.08. The number of hydrogen-bond acceptors (Lipinski definition) is 3. The van der Waals surface area contributed by atoms with E-state index in [9.17, 15) is 22.8 Å². The lowest BCUT2D eigenvalue weighted by Crippen LogP contribution is -2.34. The van der Waals surface area contributed by atoms with Crippen molar-refractivity contribution in [2.45, 2.75) is 6.18 Å². The van der Waals surface area contributed by atoms with Gasteiger partial charge >= 0.3 is 12.1 Å². The molecule has 0 unspecified atom stereocenters. The zero-order chi connectivity index (χ0) is 11.6. The minimum absolute atomic E-state index is 0.354. The number of rotatable bonds is 2. The van der Waals surface area contributed by atoms with E-state index in [-0.39, 0.29) is 5.69 Å². The van der Waals surface area contributed by atoms with E-state index in [1.54, 1.807) is 0 Å². The van der Waals surface area contributed by atoms with Gasteiger partial charge in [0, 0.05) is 6.20 Å². The highest BCUT2D eigenvalue weighted by molar-refractivity contribution is 5.91. The highest BCUT2D eigenvalue weighted by Crippen LogP contribution is 2.15. The number of carbonyl (C=O) groups excluding carboxylic acids is 2. The first kappa shape index (κ1) is 11.1. The molecule has 0 aromatic carbocycles. The zero-order valence-corrected chi connectivity index (χ0v) is 7.12. The highest BCUT2D eigenvalue weighted by atomic mass is 19.4. The second-order valence-electron chi connectivity index (χ2n) is 2.46. The van der Waals surface area contributed by atoms with E-state index in [1.807, 2.05) is 0 Å². The molecule has 82 valence electrons. The molecule has 0 aliphatic carbocycles. The molecule has 0 atom stereocenters. The zero-order valence-electron chi connectivity index (χ0n) is 7.12. The molecule has 0 spiro atoms. The molecule has 1 amide bonds. The van der Waals surface area contributed by atoms with Crippen LogP contribution in [0.2, 0.25) is 0 Å². The van der Waals surface area contributed by atoms with Gasteiger partial charge in [0.05, 0.1) is 0 Å². The monoisotopic (exact) mass is 222 g/mol. The molecule has 0 radical (unpaired) electrons. The van der Waals surface area contributed by atoms with Crippen molar-refractivity contribution in [3.63, 3.8) is 0 Å². The van der Waals surface area contributed by atoms with Crippen LogP contribution in [-0.4, -0.2) is 22.8 Å². The number of aromatic nitrogens is 1. The summed E-state index contributed by atoms with van der Waals surface area (Å²) in [7, 11) is 0. The van der Waals surface area contributed by atoms with Crippen LogP contribution in [0.15, 0.2) is 18.3 Å². The average Bonchev–Trinajstić information content (AvgIpc) is 2.50. The summed E-state index contributed by atoms with van der Waals surface area (Å²) < 4.78 is 35.7. The van der Waals surface area contributed by atoms with Gasteiger partial charge in [0.25, 0.3) is 5.91 Å². The molecule has 5 nitrogen and oxygen atoms in total. The number of alkyl halides is 3. The summed E-state index contributed by atoms with van der Waals surface area (Å²) in [5.41, 5.74) is 4.46. The Morgan fingerprint density at radius 1 is 1.40 bits per heavy atom. The van der Waals surface area contributed by atoms with Crippen molar-refractivity contribution >= 4 is 11.9 Å². The third-order valence-electron chi connectivity index (χ3n) is 1.38. The fourth-order valence-corrected chi connectivity index (χ4v) is 0.778. The van der Waals surface area contributed by atoms with Crippen LogP contribution in [0, 0.1) is 0 Å². The van der Waals surface area contributed by atoms with Crippen molar-refractivity contribution in [3.05, 3.63) is 24.0 Å². The Morgan fingerprint density at radius 2 is 2.00 bits per heavy atom. The number of amides is 1. The van der Waals surface area contributed by atoms with E-state index in [1.165, 1.54) is 6.07 Å². The summed E-state index contributed by atoms with van der Waals surface area (Å²) in [5.74, 6) is -3.43. The molecule has 8 heteroatoms. The van der Waals surface area contributed by atoms with Crippen LogP contribution in [0.5, 0.6) is 0 Å². The fourth-order valence-electron chi connectivity index (χ4n) is 0.778. The van der Waals surface area contributed by atoms with Gasteiger partial charge in [-0.25, -0.2) is 4.79 Å². The first-order valence-corrected chi connectivity index (χ1v) is 3.59. The molecule has 0 aliphatic heterocycles. The maximum atomic E-state index is 11.8. The van der Waals surface area contributed by atoms with Gasteiger partial charge < -0.3 is 10.6 Å². The van der Waals surface area contributed by atoms with Crippen LogP contribution in [0.3, 0.4) is 0 Å². The van der Waals surface area contributed by atoms with Gasteiger partial charge in [0.1, 0.15) is 5.69 Å². The number of primary amides is 1. The van der Waals surface area contributed by atoms with Gasteiger partial charge in [0.2, 0.25) is 0 Å². The van der Waals surface area contributed by atoms with Gasteiger partial charge in [-0.2, -0.15) is 17.9 Å². The topological polar surface area (TPSA) is 74.3 Å². The van der Waals surface area contributed by atoms with Crippen LogP contribution in [0.4, 0.5) is 13.2 Å². The van der Waals surface area contributed by atoms with E-state index in [0.29, 0.717) is 4.73 Å². The average molecular weight is 222 g/mol. The molecular weight excluding hydrogens is 217 g/mol. The summed E-state index contributed by atoms with van der Waals surface area (Å²) >= 11 is 0. The van der Waals surface area contributed by atoms with E-state index in [0.717, 1.165) is 12.3 Å². The second kappa shape index (κ2) is 3.64. The molecule has 0 saturated heterocycles. The summed E-state index contributed by atoms with van der Waals surface area (Å²) in [6.45, 7) is 0. The summed E-state index contributed by atoms with van der Waals surface area (Å²) in [6, 6.07) is 2.33. The summed E-state index contributed by atoms with van der Waals surface area (Å²) in [5, 5.41) is 0. The van der Waals surface area contributed by atoms with E-state index >= 15 is 0 Å². The number of hydrogen-bond donors (Lipinski definition) is 1. The van der Waals surface area contributed by atoms with Gasteiger partial charge in [-0.1, -0.05) is 0 Å². The maximum Gasteiger partial charge on any atom is 0.493 e. The first-order valence-electron chi connectivity index (χ1n) is 3.59. The van der Waals surface area contributed by atoms with Gasteiger partial charge in [-0.3, -0.25) is 4.79 Å². The standard InChI is InChI=1S/C7H5F3N2O3/c8-7(9,10)6(14)15-12-3-1-2-4(12)5(11)13/h1-3H,(H2,11,13). The van der Waals surface area contributed by atoms with Crippen molar-refractivity contribution in [1.29, 1.82) is 0 Å². The molecule has 0 aliphatic rings. The SMILES string of the molecule is NC(=O)c1cccn1OC(=O)C(F)(F)F. The minimum atomic E-state index is -5.13. The molecule has 1 aromatic heterocycles. The van der Waals surface area contributed by atoms with Crippen molar-refractivity contribution in [2.75, 3.05) is 0 Å². The molecule has 0 bridgehead atoms. The Balaban J connectivity index is 2.86. The second-order valence-corrected chi connectivity index (χ2v) is 2.46. The van der Waals surface area contributed by atoms with Crippen LogP contribution < -0.4 is 10.6 Å². The molecule has 1 rings (SSSR count). The number of nitrogens with two attached hydrogens (primary N) is 1. The lowest BCUT2D eigenvalue weighted by molar-refractivity contribution is -0.200. The van der Waals surface area contributed by atoms with Gasteiger partial charge in [0.15, 0.2) is 0 Å². The van der Waals surface area contributed by atoms with Crippen LogP contribution in [0.25, 0.3) is 0 Å². The van der Waals surface area contributed by atoms with Crippen LogP contribution >= 0.6 is 0 Å². The van der Waals surface area contributed by atoms with Crippen molar-refractivity contribution in [3.8, 4) is 0 Å².